The van der Waals surface area contributed by atoms with Crippen LogP contribution >= 0.6 is 11.6 Å². The van der Waals surface area contributed by atoms with E-state index in [-0.39, 0.29) is 5.91 Å². The van der Waals surface area contributed by atoms with Gasteiger partial charge in [0.05, 0.1) is 10.7 Å². The molecule has 0 radical (unpaired) electrons. The van der Waals surface area contributed by atoms with Crippen LogP contribution in [0.25, 0.3) is 11.3 Å². The summed E-state index contributed by atoms with van der Waals surface area (Å²) in [7, 11) is 0. The fraction of sp³-hybridized carbons (Fsp3) is 0.353. The Morgan fingerprint density at radius 1 is 1.36 bits per heavy atom. The van der Waals surface area contributed by atoms with Crippen molar-refractivity contribution in [2.45, 2.75) is 19.8 Å². The van der Waals surface area contributed by atoms with Crippen LogP contribution in [0.2, 0.25) is 5.02 Å². The van der Waals surface area contributed by atoms with Gasteiger partial charge in [0.15, 0.2) is 5.76 Å². The van der Waals surface area contributed by atoms with E-state index in [9.17, 15) is 4.79 Å². The molecule has 3 rings (SSSR count). The van der Waals surface area contributed by atoms with Gasteiger partial charge >= 0.3 is 0 Å². The molecule has 4 nitrogen and oxygen atoms in total. The van der Waals surface area contributed by atoms with Gasteiger partial charge in [-0.1, -0.05) is 18.5 Å². The highest BCUT2D eigenvalue weighted by molar-refractivity contribution is 6.33. The lowest BCUT2D eigenvalue weighted by Crippen LogP contribution is -2.38. The number of carbonyl (C=O) groups is 1. The lowest BCUT2D eigenvalue weighted by atomic mass is 10.0. The third-order valence-corrected chi connectivity index (χ3v) is 4.39. The molecule has 0 unspecified atom stereocenters. The van der Waals surface area contributed by atoms with Crippen LogP contribution in [0, 0.1) is 5.92 Å². The van der Waals surface area contributed by atoms with Gasteiger partial charge in [0.25, 0.3) is 5.91 Å². The van der Waals surface area contributed by atoms with Crippen molar-refractivity contribution in [3.05, 3.63) is 41.1 Å². The van der Waals surface area contributed by atoms with Gasteiger partial charge in [-0.05, 0) is 49.1 Å². The summed E-state index contributed by atoms with van der Waals surface area (Å²) >= 11 is 5.92. The molecule has 116 valence electrons. The predicted molar refractivity (Wildman–Crippen MR) is 87.9 cm³/mol. The number of nitrogens with zero attached hydrogens (tertiary/aromatic N) is 1. The van der Waals surface area contributed by atoms with Crippen molar-refractivity contribution in [3.8, 4) is 11.3 Å². The largest absolute Gasteiger partial charge is 0.451 e. The lowest BCUT2D eigenvalue weighted by Gasteiger charge is -2.30. The summed E-state index contributed by atoms with van der Waals surface area (Å²) in [5, 5.41) is 0.508. The standard InChI is InChI=1S/C17H19ClN2O2/c1-11-3-2-8-20(10-11)17(21)16-7-6-15(22-16)12-4-5-13(18)14(19)9-12/h4-7,9,11H,2-3,8,10,19H2,1H3/t11-/m1/s1. The first kappa shape index (κ1) is 15.0. The Morgan fingerprint density at radius 3 is 2.91 bits per heavy atom. The highest BCUT2D eigenvalue weighted by Crippen LogP contribution is 2.29. The molecule has 22 heavy (non-hydrogen) atoms. The molecule has 1 aromatic carbocycles. The Morgan fingerprint density at radius 2 is 2.18 bits per heavy atom. The van der Waals surface area contributed by atoms with Crippen LogP contribution in [-0.4, -0.2) is 23.9 Å². The summed E-state index contributed by atoms with van der Waals surface area (Å²) in [5.41, 5.74) is 7.11. The summed E-state index contributed by atoms with van der Waals surface area (Å²) in [6.07, 6.45) is 2.23. The number of furan rings is 1. The molecule has 0 bridgehead atoms. The molecule has 1 atom stereocenters. The van der Waals surface area contributed by atoms with Crippen molar-refractivity contribution in [2.24, 2.45) is 5.92 Å². The van der Waals surface area contributed by atoms with Crippen LogP contribution in [-0.2, 0) is 0 Å². The van der Waals surface area contributed by atoms with Crippen molar-refractivity contribution in [1.82, 2.24) is 4.90 Å². The number of nitrogens with two attached hydrogens (primary N) is 1. The quantitative estimate of drug-likeness (QED) is 0.850. The SMILES string of the molecule is C[C@@H]1CCCN(C(=O)c2ccc(-c3ccc(Cl)c(N)c3)o2)C1. The second kappa shape index (κ2) is 6.05. The number of hydrogen-bond donors (Lipinski definition) is 1. The molecular formula is C17H19ClN2O2. The first-order chi connectivity index (χ1) is 10.5. The molecule has 0 saturated carbocycles. The van der Waals surface area contributed by atoms with Crippen LogP contribution in [0.15, 0.2) is 34.7 Å². The molecule has 1 amide bonds. The molecule has 0 aliphatic carbocycles. The van der Waals surface area contributed by atoms with Crippen LogP contribution < -0.4 is 5.73 Å². The van der Waals surface area contributed by atoms with E-state index in [1.165, 1.54) is 6.42 Å². The average molecular weight is 319 g/mol. The summed E-state index contributed by atoms with van der Waals surface area (Å²) < 4.78 is 5.72. The Labute approximate surface area is 134 Å². The van der Waals surface area contributed by atoms with Crippen molar-refractivity contribution in [2.75, 3.05) is 18.8 Å². The Bertz CT molecular complexity index is 696. The molecule has 5 heteroatoms. The Hall–Kier alpha value is -1.94. The van der Waals surface area contributed by atoms with E-state index >= 15 is 0 Å². The molecule has 2 aromatic rings. The van der Waals surface area contributed by atoms with E-state index in [1.807, 2.05) is 11.0 Å². The van der Waals surface area contributed by atoms with Crippen molar-refractivity contribution < 1.29 is 9.21 Å². The number of likely N-dealkylation sites (tertiary alicyclic amines) is 1. The average Bonchev–Trinajstić information content (AvgIpc) is 2.99. The van der Waals surface area contributed by atoms with E-state index in [0.717, 1.165) is 25.1 Å². The van der Waals surface area contributed by atoms with Gasteiger partial charge in [-0.25, -0.2) is 0 Å². The highest BCUT2D eigenvalue weighted by atomic mass is 35.5. The summed E-state index contributed by atoms with van der Waals surface area (Å²) in [6.45, 7) is 3.76. The van der Waals surface area contributed by atoms with E-state index in [0.29, 0.717) is 28.1 Å². The van der Waals surface area contributed by atoms with Crippen molar-refractivity contribution in [1.29, 1.82) is 0 Å². The van der Waals surface area contributed by atoms with Crippen LogP contribution in [0.3, 0.4) is 0 Å². The second-order valence-corrected chi connectivity index (χ2v) is 6.31. The molecule has 1 aliphatic rings. The molecule has 1 aromatic heterocycles. The fourth-order valence-corrected chi connectivity index (χ4v) is 2.95. The normalized spacial score (nSPS) is 18.5. The third-order valence-electron chi connectivity index (χ3n) is 4.04. The van der Waals surface area contributed by atoms with Crippen LogP contribution in [0.1, 0.15) is 30.3 Å². The minimum absolute atomic E-state index is 0.0419. The van der Waals surface area contributed by atoms with Gasteiger partial charge in [0.1, 0.15) is 5.76 Å². The number of benzene rings is 1. The van der Waals surface area contributed by atoms with Crippen LogP contribution in [0.4, 0.5) is 5.69 Å². The number of halogens is 1. The number of rotatable bonds is 2. The molecule has 1 fully saturated rings. The monoisotopic (exact) mass is 318 g/mol. The lowest BCUT2D eigenvalue weighted by molar-refractivity contribution is 0.0652. The number of hydrogen-bond acceptors (Lipinski definition) is 3. The Kier molecular flexibility index (Phi) is 4.12. The fourth-order valence-electron chi connectivity index (χ4n) is 2.83. The molecule has 1 saturated heterocycles. The molecule has 0 spiro atoms. The van der Waals surface area contributed by atoms with Gasteiger partial charge in [-0.3, -0.25) is 4.79 Å². The highest BCUT2D eigenvalue weighted by Gasteiger charge is 2.24. The van der Waals surface area contributed by atoms with Gasteiger partial charge in [0.2, 0.25) is 0 Å². The maximum Gasteiger partial charge on any atom is 0.289 e. The van der Waals surface area contributed by atoms with E-state index < -0.39 is 0 Å². The van der Waals surface area contributed by atoms with Gasteiger partial charge < -0.3 is 15.1 Å². The molecular weight excluding hydrogens is 300 g/mol. The maximum absolute atomic E-state index is 12.5. The second-order valence-electron chi connectivity index (χ2n) is 5.90. The number of nitrogen functional groups attached to an aromatic ring is 1. The molecule has 1 aliphatic heterocycles. The zero-order valence-electron chi connectivity index (χ0n) is 12.5. The number of carbonyl (C=O) groups excluding carboxylic acids is 1. The predicted octanol–water partition coefficient (Wildman–Crippen LogP) is 4.05. The summed E-state index contributed by atoms with van der Waals surface area (Å²) in [6, 6.07) is 8.82. The summed E-state index contributed by atoms with van der Waals surface area (Å²) in [5.74, 6) is 1.50. The van der Waals surface area contributed by atoms with E-state index in [2.05, 4.69) is 6.92 Å². The van der Waals surface area contributed by atoms with Gasteiger partial charge in [-0.15, -0.1) is 0 Å². The smallest absolute Gasteiger partial charge is 0.289 e. The first-order valence-electron chi connectivity index (χ1n) is 7.49. The Balaban J connectivity index is 1.81. The summed E-state index contributed by atoms with van der Waals surface area (Å²) in [4.78, 5) is 14.4. The van der Waals surface area contributed by atoms with Gasteiger partial charge in [-0.2, -0.15) is 0 Å². The zero-order valence-corrected chi connectivity index (χ0v) is 13.3. The maximum atomic E-state index is 12.5. The zero-order chi connectivity index (χ0) is 15.7. The number of amides is 1. The first-order valence-corrected chi connectivity index (χ1v) is 7.87. The van der Waals surface area contributed by atoms with E-state index in [1.54, 1.807) is 24.3 Å². The molecule has 2 N–H and O–H groups in total. The number of piperidine rings is 1. The van der Waals surface area contributed by atoms with Crippen LogP contribution in [0.5, 0.6) is 0 Å². The van der Waals surface area contributed by atoms with Gasteiger partial charge in [0, 0.05) is 18.7 Å². The number of anilines is 1. The van der Waals surface area contributed by atoms with Crippen molar-refractivity contribution >= 4 is 23.2 Å². The molecule has 2 heterocycles. The minimum Gasteiger partial charge on any atom is -0.451 e. The topological polar surface area (TPSA) is 59.5 Å². The third kappa shape index (κ3) is 2.97. The minimum atomic E-state index is -0.0419. The van der Waals surface area contributed by atoms with Crippen molar-refractivity contribution in [3.63, 3.8) is 0 Å². The van der Waals surface area contributed by atoms with E-state index in [4.69, 9.17) is 21.8 Å².